The van der Waals surface area contributed by atoms with Crippen molar-refractivity contribution in [3.05, 3.63) is 64.5 Å². The summed E-state index contributed by atoms with van der Waals surface area (Å²) in [5.41, 5.74) is 2.48. The van der Waals surface area contributed by atoms with Crippen LogP contribution in [-0.4, -0.2) is 44.3 Å². The third kappa shape index (κ3) is 5.44. The third-order valence-electron chi connectivity index (χ3n) is 4.78. The maximum atomic E-state index is 12.5. The number of carbonyl (C=O) groups excluding carboxylic acids is 1. The van der Waals surface area contributed by atoms with Crippen LogP contribution in [0.4, 0.5) is 10.8 Å². The molecule has 1 fully saturated rings. The number of morpholine rings is 1. The summed E-state index contributed by atoms with van der Waals surface area (Å²) in [5.74, 6) is 0.523. The number of nitrogens with one attached hydrogen (secondary N) is 1. The van der Waals surface area contributed by atoms with Gasteiger partial charge in [-0.3, -0.25) is 4.79 Å². The van der Waals surface area contributed by atoms with Gasteiger partial charge in [0.15, 0.2) is 5.13 Å². The average molecular weight is 456 g/mol. The minimum absolute atomic E-state index is 0.214. The lowest BCUT2D eigenvalue weighted by Gasteiger charge is -2.26. The summed E-state index contributed by atoms with van der Waals surface area (Å²) in [6, 6.07) is 14.8. The van der Waals surface area contributed by atoms with Crippen LogP contribution >= 0.6 is 22.9 Å². The van der Waals surface area contributed by atoms with E-state index in [9.17, 15) is 4.79 Å². The van der Waals surface area contributed by atoms with E-state index in [1.54, 1.807) is 42.7 Å². The summed E-state index contributed by atoms with van der Waals surface area (Å²) in [4.78, 5) is 20.4. The van der Waals surface area contributed by atoms with Crippen molar-refractivity contribution in [3.8, 4) is 17.0 Å². The quantitative estimate of drug-likeness (QED) is 0.532. The second-order valence-electron chi connectivity index (χ2n) is 6.87. The van der Waals surface area contributed by atoms with E-state index >= 15 is 0 Å². The Balaban J connectivity index is 1.56. The highest BCUT2D eigenvalue weighted by molar-refractivity contribution is 7.17. The van der Waals surface area contributed by atoms with Gasteiger partial charge in [-0.15, -0.1) is 0 Å². The fraction of sp³-hybridized carbons (Fsp3) is 0.217. The Hall–Kier alpha value is -2.87. The molecule has 3 aromatic rings. The predicted molar refractivity (Wildman–Crippen MR) is 126 cm³/mol. The van der Waals surface area contributed by atoms with E-state index in [0.29, 0.717) is 23.9 Å². The molecule has 8 heteroatoms. The minimum Gasteiger partial charge on any atom is -0.497 e. The number of carbonyl (C=O) groups is 1. The molecule has 4 rings (SSSR count). The maximum Gasteiger partial charge on any atom is 0.248 e. The first kappa shape index (κ1) is 21.4. The molecule has 0 saturated carbocycles. The molecule has 1 saturated heterocycles. The van der Waals surface area contributed by atoms with Crippen molar-refractivity contribution in [2.45, 2.75) is 0 Å². The number of hydrogen-bond donors (Lipinski definition) is 1. The first-order valence-corrected chi connectivity index (χ1v) is 11.0. The minimum atomic E-state index is -0.214. The van der Waals surface area contributed by atoms with Crippen LogP contribution in [0.5, 0.6) is 5.75 Å². The van der Waals surface area contributed by atoms with Crippen LogP contribution in [0.1, 0.15) is 4.88 Å². The molecular formula is C23H22ClN3O3S. The van der Waals surface area contributed by atoms with Gasteiger partial charge < -0.3 is 19.7 Å². The number of ether oxygens (including phenoxy) is 2. The van der Waals surface area contributed by atoms with Gasteiger partial charge >= 0.3 is 0 Å². The van der Waals surface area contributed by atoms with Crippen molar-refractivity contribution in [1.29, 1.82) is 0 Å². The molecular weight excluding hydrogens is 434 g/mol. The zero-order chi connectivity index (χ0) is 21.6. The Labute approximate surface area is 190 Å². The number of amides is 1. The van der Waals surface area contributed by atoms with Gasteiger partial charge in [-0.2, -0.15) is 0 Å². The Morgan fingerprint density at radius 1 is 1.16 bits per heavy atom. The first-order valence-electron chi connectivity index (χ1n) is 9.85. The van der Waals surface area contributed by atoms with Crippen molar-refractivity contribution in [2.75, 3.05) is 43.6 Å². The monoisotopic (exact) mass is 455 g/mol. The number of anilines is 2. The number of hydrogen-bond acceptors (Lipinski definition) is 6. The van der Waals surface area contributed by atoms with Gasteiger partial charge in [0.1, 0.15) is 5.75 Å². The lowest BCUT2D eigenvalue weighted by atomic mass is 10.1. The predicted octanol–water partition coefficient (Wildman–Crippen LogP) is 4.96. The molecule has 0 atom stereocenters. The molecule has 0 unspecified atom stereocenters. The third-order valence-corrected chi connectivity index (χ3v) is 6.12. The van der Waals surface area contributed by atoms with Crippen molar-refractivity contribution in [3.63, 3.8) is 0 Å². The van der Waals surface area contributed by atoms with Crippen molar-refractivity contribution in [2.24, 2.45) is 0 Å². The number of thiazole rings is 1. The second-order valence-corrected chi connectivity index (χ2v) is 8.31. The topological polar surface area (TPSA) is 63.7 Å². The molecule has 0 radical (unpaired) electrons. The molecule has 31 heavy (non-hydrogen) atoms. The maximum absolute atomic E-state index is 12.5. The molecule has 6 nitrogen and oxygen atoms in total. The van der Waals surface area contributed by atoms with E-state index in [0.717, 1.165) is 40.1 Å². The zero-order valence-electron chi connectivity index (χ0n) is 17.0. The Morgan fingerprint density at radius 3 is 2.55 bits per heavy atom. The van der Waals surface area contributed by atoms with Gasteiger partial charge in [0.2, 0.25) is 5.91 Å². The van der Waals surface area contributed by atoms with E-state index < -0.39 is 0 Å². The van der Waals surface area contributed by atoms with E-state index in [1.807, 2.05) is 30.3 Å². The average Bonchev–Trinajstić information content (AvgIpc) is 3.24. The normalized spacial score (nSPS) is 14.1. The van der Waals surface area contributed by atoms with E-state index in [4.69, 9.17) is 26.1 Å². The van der Waals surface area contributed by atoms with Crippen LogP contribution in [0.3, 0.4) is 0 Å². The van der Waals surface area contributed by atoms with Gasteiger partial charge in [-0.25, -0.2) is 4.98 Å². The number of nitrogens with zero attached hydrogens (tertiary/aromatic N) is 2. The number of benzene rings is 2. The van der Waals surface area contributed by atoms with Crippen molar-refractivity contribution < 1.29 is 14.3 Å². The first-order chi connectivity index (χ1) is 15.1. The Morgan fingerprint density at radius 2 is 1.87 bits per heavy atom. The Bertz CT molecular complexity index is 1060. The highest BCUT2D eigenvalue weighted by Gasteiger charge is 2.18. The van der Waals surface area contributed by atoms with Gasteiger partial charge in [0, 0.05) is 35.4 Å². The Kier molecular flexibility index (Phi) is 6.86. The molecule has 1 aromatic heterocycles. The van der Waals surface area contributed by atoms with E-state index in [2.05, 4.69) is 10.2 Å². The van der Waals surface area contributed by atoms with Gasteiger partial charge in [0.25, 0.3) is 0 Å². The standard InChI is InChI=1S/C23H22ClN3O3S/c1-29-19-8-6-18(7-9-19)25-21(28)11-10-20-22(16-2-4-17(24)5-3-16)26-23(31-20)27-12-14-30-15-13-27/h2-11H,12-15H2,1H3,(H,25,28)/b11-10+. The van der Waals surface area contributed by atoms with Crippen LogP contribution in [0.15, 0.2) is 54.6 Å². The van der Waals surface area contributed by atoms with Crippen LogP contribution in [0, 0.1) is 0 Å². The fourth-order valence-corrected chi connectivity index (χ4v) is 4.31. The summed E-state index contributed by atoms with van der Waals surface area (Å²) in [6.45, 7) is 2.97. The van der Waals surface area contributed by atoms with Gasteiger partial charge in [-0.05, 0) is 42.5 Å². The van der Waals surface area contributed by atoms with Gasteiger partial charge in [-0.1, -0.05) is 35.1 Å². The molecule has 1 aliphatic rings. The summed E-state index contributed by atoms with van der Waals surface area (Å²) in [7, 11) is 1.61. The molecule has 2 aromatic carbocycles. The lowest BCUT2D eigenvalue weighted by molar-refractivity contribution is -0.111. The largest absolute Gasteiger partial charge is 0.497 e. The molecule has 1 amide bonds. The van der Waals surface area contributed by atoms with Crippen LogP contribution < -0.4 is 15.0 Å². The van der Waals surface area contributed by atoms with Crippen LogP contribution in [-0.2, 0) is 9.53 Å². The summed E-state index contributed by atoms with van der Waals surface area (Å²) in [6.07, 6.45) is 3.34. The van der Waals surface area contributed by atoms with Crippen LogP contribution in [0.25, 0.3) is 17.3 Å². The van der Waals surface area contributed by atoms with Crippen LogP contribution in [0.2, 0.25) is 5.02 Å². The van der Waals surface area contributed by atoms with E-state index in [-0.39, 0.29) is 5.91 Å². The molecule has 0 aliphatic carbocycles. The lowest BCUT2D eigenvalue weighted by Crippen LogP contribution is -2.36. The highest BCUT2D eigenvalue weighted by Crippen LogP contribution is 2.35. The second kappa shape index (κ2) is 9.96. The summed E-state index contributed by atoms with van der Waals surface area (Å²) >= 11 is 7.61. The van der Waals surface area contributed by atoms with Crippen molar-refractivity contribution >= 4 is 45.7 Å². The number of rotatable bonds is 6. The van der Waals surface area contributed by atoms with Crippen molar-refractivity contribution in [1.82, 2.24) is 4.98 Å². The molecule has 1 N–H and O–H groups in total. The SMILES string of the molecule is COc1ccc(NC(=O)/C=C/c2sc(N3CCOCC3)nc2-c2ccc(Cl)cc2)cc1. The number of halogens is 1. The summed E-state index contributed by atoms with van der Waals surface area (Å²) in [5, 5.41) is 4.45. The van der Waals surface area contributed by atoms with Gasteiger partial charge in [0.05, 0.1) is 30.9 Å². The smallest absolute Gasteiger partial charge is 0.248 e. The number of aromatic nitrogens is 1. The van der Waals surface area contributed by atoms with E-state index in [1.165, 1.54) is 6.08 Å². The fourth-order valence-electron chi connectivity index (χ4n) is 3.15. The number of methoxy groups -OCH3 is 1. The highest BCUT2D eigenvalue weighted by atomic mass is 35.5. The molecule has 1 aliphatic heterocycles. The summed E-state index contributed by atoms with van der Waals surface area (Å²) < 4.78 is 10.6. The molecule has 0 bridgehead atoms. The molecule has 160 valence electrons. The zero-order valence-corrected chi connectivity index (χ0v) is 18.6. The molecule has 0 spiro atoms. The molecule has 2 heterocycles.